The number of hydrogen-bond donors (Lipinski definition) is 3. The van der Waals surface area contributed by atoms with E-state index in [1.54, 1.807) is 0 Å². The van der Waals surface area contributed by atoms with E-state index < -0.39 is 0 Å². The fourth-order valence-corrected chi connectivity index (χ4v) is 3.40. The molecule has 6 heteroatoms. The number of hydrogen-bond acceptors (Lipinski definition) is 4. The Bertz CT molecular complexity index is 369. The summed E-state index contributed by atoms with van der Waals surface area (Å²) in [5, 5.41) is 5.30. The van der Waals surface area contributed by atoms with Gasteiger partial charge in [-0.15, -0.1) is 0 Å². The maximum Gasteiger partial charge on any atom is 0.321 e. The first-order valence-corrected chi connectivity index (χ1v) is 8.13. The van der Waals surface area contributed by atoms with Gasteiger partial charge in [-0.2, -0.15) is 0 Å². The Labute approximate surface area is 126 Å². The highest BCUT2D eigenvalue weighted by Crippen LogP contribution is 2.21. The third kappa shape index (κ3) is 4.97. The summed E-state index contributed by atoms with van der Waals surface area (Å²) in [6, 6.07) is 0.115. The molecule has 0 aromatic carbocycles. The van der Waals surface area contributed by atoms with E-state index in [2.05, 4.69) is 22.5 Å². The maximum atomic E-state index is 12.0. The summed E-state index contributed by atoms with van der Waals surface area (Å²) in [5.74, 6) is 0.419. The second kappa shape index (κ2) is 7.75. The van der Waals surface area contributed by atoms with Gasteiger partial charge in [-0.05, 0) is 38.1 Å². The molecule has 2 fully saturated rings. The second-order valence-electron chi connectivity index (χ2n) is 6.49. The molecule has 2 unspecified atom stereocenters. The average molecular weight is 296 g/mol. The van der Waals surface area contributed by atoms with Crippen LogP contribution in [0.5, 0.6) is 0 Å². The number of urea groups is 1. The Balaban J connectivity index is 1.73. The number of nitrogens with two attached hydrogens (primary N) is 1. The van der Waals surface area contributed by atoms with Crippen LogP contribution in [-0.2, 0) is 4.79 Å². The van der Waals surface area contributed by atoms with Crippen molar-refractivity contribution >= 4 is 11.9 Å². The van der Waals surface area contributed by atoms with Crippen molar-refractivity contribution < 1.29 is 9.59 Å². The number of rotatable bonds is 4. The van der Waals surface area contributed by atoms with Gasteiger partial charge in [-0.25, -0.2) is 4.79 Å². The molecule has 1 saturated heterocycles. The predicted molar refractivity (Wildman–Crippen MR) is 81.7 cm³/mol. The summed E-state index contributed by atoms with van der Waals surface area (Å²) in [6.07, 6.45) is 6.45. The highest BCUT2D eigenvalue weighted by molar-refractivity contribution is 5.95. The van der Waals surface area contributed by atoms with Gasteiger partial charge in [-0.1, -0.05) is 19.8 Å². The molecule has 21 heavy (non-hydrogen) atoms. The van der Waals surface area contributed by atoms with Gasteiger partial charge in [0.25, 0.3) is 0 Å². The smallest absolute Gasteiger partial charge is 0.321 e. The lowest BCUT2D eigenvalue weighted by molar-refractivity contribution is -0.122. The Kier molecular flexibility index (Phi) is 5.99. The van der Waals surface area contributed by atoms with Crippen molar-refractivity contribution in [3.05, 3.63) is 0 Å². The van der Waals surface area contributed by atoms with Crippen molar-refractivity contribution in [2.45, 2.75) is 57.5 Å². The van der Waals surface area contributed by atoms with Crippen LogP contribution in [0.25, 0.3) is 0 Å². The minimum Gasteiger partial charge on any atom is -0.335 e. The van der Waals surface area contributed by atoms with Crippen LogP contribution < -0.4 is 16.4 Å². The van der Waals surface area contributed by atoms with E-state index in [4.69, 9.17) is 5.73 Å². The zero-order valence-electron chi connectivity index (χ0n) is 12.9. The largest absolute Gasteiger partial charge is 0.335 e. The van der Waals surface area contributed by atoms with Gasteiger partial charge < -0.3 is 11.1 Å². The Morgan fingerprint density at radius 2 is 1.95 bits per heavy atom. The molecule has 1 heterocycles. The lowest BCUT2D eigenvalue weighted by Crippen LogP contribution is -2.52. The maximum absolute atomic E-state index is 12.0. The minimum absolute atomic E-state index is 0.227. The standard InChI is InChI=1S/C15H28N4O2/c1-11-6-7-19(13(8-11)9-16)10-14(20)18-15(21)17-12-4-2-3-5-12/h11-13H,2-10,16H2,1H3,(H2,17,18,20,21). The molecule has 0 spiro atoms. The number of likely N-dealkylation sites (tertiary alicyclic amines) is 1. The Morgan fingerprint density at radius 3 is 2.62 bits per heavy atom. The minimum atomic E-state index is -0.360. The van der Waals surface area contributed by atoms with Crippen LogP contribution in [0.15, 0.2) is 0 Å². The number of nitrogens with zero attached hydrogens (tertiary/aromatic N) is 1. The van der Waals surface area contributed by atoms with Crippen LogP contribution in [0.4, 0.5) is 4.79 Å². The number of carbonyl (C=O) groups is 2. The van der Waals surface area contributed by atoms with Crippen molar-refractivity contribution in [1.82, 2.24) is 15.5 Å². The number of piperidine rings is 1. The zero-order valence-corrected chi connectivity index (χ0v) is 12.9. The summed E-state index contributed by atoms with van der Waals surface area (Å²) in [4.78, 5) is 25.8. The Hall–Kier alpha value is -1.14. The highest BCUT2D eigenvalue weighted by Gasteiger charge is 2.27. The molecule has 0 aromatic rings. The van der Waals surface area contributed by atoms with E-state index in [0.717, 1.165) is 45.1 Å². The van der Waals surface area contributed by atoms with E-state index in [1.165, 1.54) is 0 Å². The lowest BCUT2D eigenvalue weighted by Gasteiger charge is -2.37. The SMILES string of the molecule is CC1CCN(CC(=O)NC(=O)NC2CCCC2)C(CN)C1. The van der Waals surface area contributed by atoms with E-state index >= 15 is 0 Å². The molecule has 3 amide bonds. The first-order chi connectivity index (χ1) is 10.1. The quantitative estimate of drug-likeness (QED) is 0.716. The fraction of sp³-hybridized carbons (Fsp3) is 0.867. The normalized spacial score (nSPS) is 27.5. The molecule has 2 rings (SSSR count). The molecule has 2 aliphatic rings. The fourth-order valence-electron chi connectivity index (χ4n) is 3.40. The van der Waals surface area contributed by atoms with Gasteiger partial charge in [0.1, 0.15) is 0 Å². The Morgan fingerprint density at radius 1 is 1.24 bits per heavy atom. The number of imide groups is 1. The average Bonchev–Trinajstić information content (AvgIpc) is 2.93. The molecular weight excluding hydrogens is 268 g/mol. The summed E-state index contributed by atoms with van der Waals surface area (Å²) in [6.45, 7) is 3.91. The third-order valence-corrected chi connectivity index (χ3v) is 4.66. The summed E-state index contributed by atoms with van der Waals surface area (Å²) >= 11 is 0. The van der Waals surface area contributed by atoms with Gasteiger partial charge in [0, 0.05) is 18.6 Å². The van der Waals surface area contributed by atoms with Crippen molar-refractivity contribution in [2.75, 3.05) is 19.6 Å². The second-order valence-corrected chi connectivity index (χ2v) is 6.49. The molecule has 1 saturated carbocycles. The number of amides is 3. The zero-order chi connectivity index (χ0) is 15.2. The van der Waals surface area contributed by atoms with Crippen LogP contribution in [0.1, 0.15) is 45.4 Å². The van der Waals surface area contributed by atoms with Gasteiger partial charge in [0.2, 0.25) is 5.91 Å². The highest BCUT2D eigenvalue weighted by atomic mass is 16.2. The molecule has 4 N–H and O–H groups in total. The van der Waals surface area contributed by atoms with E-state index in [0.29, 0.717) is 12.5 Å². The number of nitrogens with one attached hydrogen (secondary N) is 2. The van der Waals surface area contributed by atoms with Crippen LogP contribution >= 0.6 is 0 Å². The molecule has 1 aliphatic heterocycles. The monoisotopic (exact) mass is 296 g/mol. The van der Waals surface area contributed by atoms with Crippen molar-refractivity contribution in [1.29, 1.82) is 0 Å². The van der Waals surface area contributed by atoms with E-state index in [-0.39, 0.29) is 30.6 Å². The molecule has 0 bridgehead atoms. The van der Waals surface area contributed by atoms with E-state index in [9.17, 15) is 9.59 Å². The van der Waals surface area contributed by atoms with Crippen LogP contribution in [-0.4, -0.2) is 48.6 Å². The topological polar surface area (TPSA) is 87.5 Å². The van der Waals surface area contributed by atoms with Crippen molar-refractivity contribution in [3.8, 4) is 0 Å². The van der Waals surface area contributed by atoms with Gasteiger partial charge in [-0.3, -0.25) is 15.0 Å². The molecule has 6 nitrogen and oxygen atoms in total. The predicted octanol–water partition coefficient (Wildman–Crippen LogP) is 0.814. The first-order valence-electron chi connectivity index (χ1n) is 8.13. The molecule has 0 radical (unpaired) electrons. The van der Waals surface area contributed by atoms with Gasteiger partial charge in [0.05, 0.1) is 6.54 Å². The molecule has 120 valence electrons. The molecular formula is C15H28N4O2. The first kappa shape index (κ1) is 16.2. The van der Waals surface area contributed by atoms with Crippen LogP contribution in [0.3, 0.4) is 0 Å². The molecule has 2 atom stereocenters. The van der Waals surface area contributed by atoms with Crippen LogP contribution in [0, 0.1) is 5.92 Å². The van der Waals surface area contributed by atoms with E-state index in [1.807, 2.05) is 0 Å². The number of carbonyl (C=O) groups excluding carboxylic acids is 2. The van der Waals surface area contributed by atoms with Gasteiger partial charge in [0.15, 0.2) is 0 Å². The molecule has 1 aliphatic carbocycles. The van der Waals surface area contributed by atoms with Crippen molar-refractivity contribution in [3.63, 3.8) is 0 Å². The summed E-state index contributed by atoms with van der Waals surface area (Å²) in [5.41, 5.74) is 5.79. The molecule has 0 aromatic heterocycles. The van der Waals surface area contributed by atoms with Crippen molar-refractivity contribution in [2.24, 2.45) is 11.7 Å². The van der Waals surface area contributed by atoms with Gasteiger partial charge >= 0.3 is 6.03 Å². The summed E-state index contributed by atoms with van der Waals surface area (Å²) in [7, 11) is 0. The third-order valence-electron chi connectivity index (χ3n) is 4.66. The summed E-state index contributed by atoms with van der Waals surface area (Å²) < 4.78 is 0. The van der Waals surface area contributed by atoms with Crippen LogP contribution in [0.2, 0.25) is 0 Å². The lowest BCUT2D eigenvalue weighted by atomic mass is 9.92.